The van der Waals surface area contributed by atoms with E-state index in [1.165, 1.54) is 31.4 Å². The van der Waals surface area contributed by atoms with Gasteiger partial charge in [0.25, 0.3) is 0 Å². The summed E-state index contributed by atoms with van der Waals surface area (Å²) in [6.07, 6.45) is 1.02. The number of benzene rings is 3. The van der Waals surface area contributed by atoms with Crippen LogP contribution in [0.2, 0.25) is 0 Å². The zero-order valence-electron chi connectivity index (χ0n) is 17.1. The first-order valence-corrected chi connectivity index (χ1v) is 11.2. The molecule has 7 nitrogen and oxygen atoms in total. The molecule has 0 spiro atoms. The van der Waals surface area contributed by atoms with E-state index in [2.05, 4.69) is 10.1 Å². The summed E-state index contributed by atoms with van der Waals surface area (Å²) in [5.74, 6) is -1.02. The van der Waals surface area contributed by atoms with Gasteiger partial charge in [-0.1, -0.05) is 42.5 Å². The van der Waals surface area contributed by atoms with Crippen LogP contribution in [-0.2, 0) is 19.6 Å². The van der Waals surface area contributed by atoms with Gasteiger partial charge in [-0.25, -0.2) is 13.2 Å². The van der Waals surface area contributed by atoms with Crippen LogP contribution in [0.3, 0.4) is 0 Å². The topological polar surface area (TPSA) is 92.8 Å². The Labute approximate surface area is 181 Å². The van der Waals surface area contributed by atoms with Crippen molar-refractivity contribution in [2.45, 2.75) is 0 Å². The normalized spacial score (nSPS) is 10.9. The number of hydrogen-bond donors (Lipinski definition) is 1. The van der Waals surface area contributed by atoms with Gasteiger partial charge in [-0.3, -0.25) is 9.10 Å². The van der Waals surface area contributed by atoms with Gasteiger partial charge >= 0.3 is 5.97 Å². The SMILES string of the molecule is COC(=O)c1ccc(N(CC(=O)Nc2ccc(-c3ccccc3)cc2)S(C)(=O)=O)cc1. The Kier molecular flexibility index (Phi) is 6.71. The van der Waals surface area contributed by atoms with E-state index in [4.69, 9.17) is 0 Å². The molecular formula is C23H22N2O5S. The molecule has 0 unspecified atom stereocenters. The number of nitrogens with zero attached hydrogens (tertiary/aromatic N) is 1. The van der Waals surface area contributed by atoms with Gasteiger partial charge in [-0.2, -0.15) is 0 Å². The first-order chi connectivity index (χ1) is 14.8. The summed E-state index contributed by atoms with van der Waals surface area (Å²) in [5.41, 5.74) is 3.16. The molecule has 0 saturated heterocycles. The van der Waals surface area contributed by atoms with Gasteiger partial charge in [0.1, 0.15) is 6.54 Å². The summed E-state index contributed by atoms with van der Waals surface area (Å²) < 4.78 is 30.1. The largest absolute Gasteiger partial charge is 0.465 e. The summed E-state index contributed by atoms with van der Waals surface area (Å²) in [6, 6.07) is 22.9. The van der Waals surface area contributed by atoms with Crippen molar-refractivity contribution in [3.8, 4) is 11.1 Å². The summed E-state index contributed by atoms with van der Waals surface area (Å²) in [7, 11) is -2.47. The van der Waals surface area contributed by atoms with Gasteiger partial charge < -0.3 is 10.1 Å². The second-order valence-corrected chi connectivity index (χ2v) is 8.71. The van der Waals surface area contributed by atoms with Crippen molar-refractivity contribution in [1.29, 1.82) is 0 Å². The van der Waals surface area contributed by atoms with Crippen LogP contribution in [0.15, 0.2) is 78.9 Å². The summed E-state index contributed by atoms with van der Waals surface area (Å²) >= 11 is 0. The third-order valence-electron chi connectivity index (χ3n) is 4.54. The predicted octanol–water partition coefficient (Wildman–Crippen LogP) is 3.54. The standard InChI is InChI=1S/C23H22N2O5S/c1-30-23(27)19-10-14-21(15-11-19)25(31(2,28)29)16-22(26)24-20-12-8-18(9-13-20)17-6-4-3-5-7-17/h3-15H,16H2,1-2H3,(H,24,26). The molecule has 0 bridgehead atoms. The molecule has 0 aromatic heterocycles. The van der Waals surface area contributed by atoms with Crippen molar-refractivity contribution >= 4 is 33.3 Å². The van der Waals surface area contributed by atoms with Crippen LogP contribution >= 0.6 is 0 Å². The third-order valence-corrected chi connectivity index (χ3v) is 5.68. The molecule has 3 aromatic carbocycles. The van der Waals surface area contributed by atoms with Crippen LogP contribution in [0.1, 0.15) is 10.4 Å². The van der Waals surface area contributed by atoms with Crippen LogP contribution < -0.4 is 9.62 Å². The number of carbonyl (C=O) groups is 2. The lowest BCUT2D eigenvalue weighted by molar-refractivity contribution is -0.114. The lowest BCUT2D eigenvalue weighted by atomic mass is 10.1. The van der Waals surface area contributed by atoms with Gasteiger partial charge in [0.05, 0.1) is 24.6 Å². The van der Waals surface area contributed by atoms with Gasteiger partial charge in [-0.15, -0.1) is 0 Å². The van der Waals surface area contributed by atoms with Crippen molar-refractivity contribution in [3.05, 3.63) is 84.4 Å². The van der Waals surface area contributed by atoms with Crippen LogP contribution in [0.4, 0.5) is 11.4 Å². The number of anilines is 2. The van der Waals surface area contributed by atoms with E-state index in [0.29, 0.717) is 5.69 Å². The maximum atomic E-state index is 12.5. The quantitative estimate of drug-likeness (QED) is 0.570. The average Bonchev–Trinajstić information content (AvgIpc) is 2.77. The molecule has 1 amide bonds. The van der Waals surface area contributed by atoms with Crippen LogP contribution in [-0.4, -0.2) is 40.2 Å². The monoisotopic (exact) mass is 438 g/mol. The summed E-state index contributed by atoms with van der Waals surface area (Å²) in [6.45, 7) is -0.406. The zero-order chi connectivity index (χ0) is 22.4. The van der Waals surface area contributed by atoms with Crippen molar-refractivity contribution < 1.29 is 22.7 Å². The molecule has 3 rings (SSSR count). The lowest BCUT2D eigenvalue weighted by Gasteiger charge is -2.22. The molecule has 31 heavy (non-hydrogen) atoms. The number of ether oxygens (including phenoxy) is 1. The maximum Gasteiger partial charge on any atom is 0.337 e. The minimum absolute atomic E-state index is 0.268. The molecule has 0 aliphatic heterocycles. The highest BCUT2D eigenvalue weighted by Gasteiger charge is 2.21. The van der Waals surface area contributed by atoms with Gasteiger partial charge in [-0.05, 0) is 47.5 Å². The van der Waals surface area contributed by atoms with Gasteiger partial charge in [0.15, 0.2) is 0 Å². The lowest BCUT2D eigenvalue weighted by Crippen LogP contribution is -2.37. The Balaban J connectivity index is 1.72. The highest BCUT2D eigenvalue weighted by Crippen LogP contribution is 2.22. The van der Waals surface area contributed by atoms with E-state index in [0.717, 1.165) is 21.7 Å². The number of rotatable bonds is 7. The highest BCUT2D eigenvalue weighted by molar-refractivity contribution is 7.92. The van der Waals surface area contributed by atoms with Crippen LogP contribution in [0.5, 0.6) is 0 Å². The fraction of sp³-hybridized carbons (Fsp3) is 0.130. The second kappa shape index (κ2) is 9.44. The number of amides is 1. The number of nitrogens with one attached hydrogen (secondary N) is 1. The van der Waals surface area contributed by atoms with E-state index < -0.39 is 28.4 Å². The molecule has 0 aliphatic rings. The fourth-order valence-electron chi connectivity index (χ4n) is 2.99. The first kappa shape index (κ1) is 22.0. The number of sulfonamides is 1. The molecular weight excluding hydrogens is 416 g/mol. The Bertz CT molecular complexity index is 1160. The van der Waals surface area contributed by atoms with E-state index in [9.17, 15) is 18.0 Å². The highest BCUT2D eigenvalue weighted by atomic mass is 32.2. The smallest absolute Gasteiger partial charge is 0.337 e. The molecule has 3 aromatic rings. The average molecular weight is 439 g/mol. The molecule has 0 aliphatic carbocycles. The van der Waals surface area contributed by atoms with E-state index >= 15 is 0 Å². The first-order valence-electron chi connectivity index (χ1n) is 9.39. The summed E-state index contributed by atoms with van der Waals surface area (Å²) in [4.78, 5) is 24.1. The predicted molar refractivity (Wildman–Crippen MR) is 120 cm³/mol. The molecule has 0 heterocycles. The van der Waals surface area contributed by atoms with E-state index in [1.807, 2.05) is 42.5 Å². The van der Waals surface area contributed by atoms with Crippen LogP contribution in [0.25, 0.3) is 11.1 Å². The number of carbonyl (C=O) groups excluding carboxylic acids is 2. The molecule has 8 heteroatoms. The molecule has 0 saturated carbocycles. The van der Waals surface area contributed by atoms with Crippen molar-refractivity contribution in [2.75, 3.05) is 29.5 Å². The van der Waals surface area contributed by atoms with Crippen molar-refractivity contribution in [2.24, 2.45) is 0 Å². The number of methoxy groups -OCH3 is 1. The van der Waals surface area contributed by atoms with Crippen molar-refractivity contribution in [3.63, 3.8) is 0 Å². The Morgan fingerprint density at radius 2 is 1.45 bits per heavy atom. The minimum atomic E-state index is -3.73. The maximum absolute atomic E-state index is 12.5. The molecule has 0 atom stereocenters. The number of esters is 1. The Morgan fingerprint density at radius 3 is 2.00 bits per heavy atom. The molecule has 0 fully saturated rings. The second-order valence-electron chi connectivity index (χ2n) is 6.80. The third kappa shape index (κ3) is 5.70. The zero-order valence-corrected chi connectivity index (χ0v) is 17.9. The number of hydrogen-bond acceptors (Lipinski definition) is 5. The molecule has 160 valence electrons. The molecule has 1 N–H and O–H groups in total. The summed E-state index contributed by atoms with van der Waals surface area (Å²) in [5, 5.41) is 2.71. The van der Waals surface area contributed by atoms with E-state index in [-0.39, 0.29) is 11.3 Å². The minimum Gasteiger partial charge on any atom is -0.465 e. The fourth-order valence-corrected chi connectivity index (χ4v) is 3.85. The Hall–Kier alpha value is -3.65. The molecule has 0 radical (unpaired) electrons. The van der Waals surface area contributed by atoms with Gasteiger partial charge in [0.2, 0.25) is 15.9 Å². The van der Waals surface area contributed by atoms with E-state index in [1.54, 1.807) is 12.1 Å². The Morgan fingerprint density at radius 1 is 0.871 bits per heavy atom. The van der Waals surface area contributed by atoms with Gasteiger partial charge in [0, 0.05) is 5.69 Å². The van der Waals surface area contributed by atoms with Crippen molar-refractivity contribution in [1.82, 2.24) is 0 Å². The van der Waals surface area contributed by atoms with Crippen LogP contribution in [0, 0.1) is 0 Å².